The van der Waals surface area contributed by atoms with Crippen LogP contribution < -0.4 is 11.1 Å². The molecule has 2 rings (SSSR count). The zero-order valence-electron chi connectivity index (χ0n) is 11.2. The smallest absolute Gasteiger partial charge is 0.189 e. The number of guanidine groups is 1. The lowest BCUT2D eigenvalue weighted by Gasteiger charge is -2.07. The summed E-state index contributed by atoms with van der Waals surface area (Å²) in [7, 11) is 0. The summed E-state index contributed by atoms with van der Waals surface area (Å²) >= 11 is 0. The average Bonchev–Trinajstić information content (AvgIpc) is 3.05. The summed E-state index contributed by atoms with van der Waals surface area (Å²) < 4.78 is 27.1. The van der Waals surface area contributed by atoms with E-state index in [9.17, 15) is 8.78 Å². The second kappa shape index (κ2) is 7.01. The van der Waals surface area contributed by atoms with Gasteiger partial charge in [-0.3, -0.25) is 0 Å². The molecule has 2 unspecified atom stereocenters. The highest BCUT2D eigenvalue weighted by atomic mass is 127. The van der Waals surface area contributed by atoms with Crippen LogP contribution in [0.15, 0.2) is 35.3 Å². The molecule has 0 aromatic heterocycles. The Morgan fingerprint density at radius 3 is 2.60 bits per heavy atom. The Balaban J connectivity index is 0.00000200. The standard InChI is InChI=1S/C14H17F2N3.HI/c1-8(2)7-18-14(17)19-12-6-9(12)13-10(15)4-3-5-11(13)16;/h3-5,9,12H,1,6-7H2,2H3,(H3,17,18,19);1H. The topological polar surface area (TPSA) is 50.4 Å². The molecule has 0 bridgehead atoms. The first-order valence-corrected chi connectivity index (χ1v) is 6.13. The number of hydrogen-bond acceptors (Lipinski definition) is 1. The first-order chi connectivity index (χ1) is 8.99. The lowest BCUT2D eigenvalue weighted by atomic mass is 10.1. The molecular weight excluding hydrogens is 375 g/mol. The maximum absolute atomic E-state index is 13.6. The van der Waals surface area contributed by atoms with Gasteiger partial charge in [0.1, 0.15) is 11.6 Å². The Morgan fingerprint density at radius 2 is 2.05 bits per heavy atom. The number of halogens is 3. The van der Waals surface area contributed by atoms with Crippen LogP contribution in [0, 0.1) is 11.6 Å². The average molecular weight is 393 g/mol. The normalized spacial score (nSPS) is 21.1. The Hall–Kier alpha value is -1.18. The van der Waals surface area contributed by atoms with Crippen molar-refractivity contribution in [2.24, 2.45) is 10.7 Å². The van der Waals surface area contributed by atoms with Crippen molar-refractivity contribution in [3.8, 4) is 0 Å². The van der Waals surface area contributed by atoms with Gasteiger partial charge in [-0.15, -0.1) is 24.0 Å². The minimum Gasteiger partial charge on any atom is -0.370 e. The number of nitrogens with zero attached hydrogens (tertiary/aromatic N) is 1. The molecule has 0 amide bonds. The maximum atomic E-state index is 13.6. The molecule has 3 nitrogen and oxygen atoms in total. The van der Waals surface area contributed by atoms with Gasteiger partial charge in [-0.1, -0.05) is 18.2 Å². The van der Waals surface area contributed by atoms with Gasteiger partial charge >= 0.3 is 0 Å². The van der Waals surface area contributed by atoms with Gasteiger partial charge in [-0.2, -0.15) is 0 Å². The van der Waals surface area contributed by atoms with Crippen LogP contribution in [0.4, 0.5) is 8.78 Å². The summed E-state index contributed by atoms with van der Waals surface area (Å²) in [6.45, 7) is 6.02. The summed E-state index contributed by atoms with van der Waals surface area (Å²) in [5.41, 5.74) is 6.72. The van der Waals surface area contributed by atoms with Gasteiger partial charge in [0.2, 0.25) is 0 Å². The Morgan fingerprint density at radius 1 is 1.45 bits per heavy atom. The lowest BCUT2D eigenvalue weighted by molar-refractivity contribution is 0.554. The van der Waals surface area contributed by atoms with E-state index in [1.807, 2.05) is 6.92 Å². The van der Waals surface area contributed by atoms with Gasteiger partial charge in [0.25, 0.3) is 0 Å². The van der Waals surface area contributed by atoms with Crippen LogP contribution in [0.25, 0.3) is 0 Å². The van der Waals surface area contributed by atoms with Crippen molar-refractivity contribution in [3.05, 3.63) is 47.5 Å². The van der Waals surface area contributed by atoms with Crippen LogP contribution in [-0.4, -0.2) is 18.5 Å². The van der Waals surface area contributed by atoms with Crippen molar-refractivity contribution < 1.29 is 8.78 Å². The molecule has 1 aromatic carbocycles. The van der Waals surface area contributed by atoms with Crippen LogP contribution in [0.3, 0.4) is 0 Å². The van der Waals surface area contributed by atoms with E-state index in [1.54, 1.807) is 0 Å². The maximum Gasteiger partial charge on any atom is 0.189 e. The van der Waals surface area contributed by atoms with Crippen LogP contribution >= 0.6 is 24.0 Å². The third kappa shape index (κ3) is 4.16. The van der Waals surface area contributed by atoms with Crippen molar-refractivity contribution in [2.75, 3.05) is 6.54 Å². The third-order valence-electron chi connectivity index (χ3n) is 3.01. The minimum atomic E-state index is -0.508. The molecular formula is C14H18F2IN3. The molecule has 1 saturated carbocycles. The fourth-order valence-electron chi connectivity index (χ4n) is 1.99. The predicted molar refractivity (Wildman–Crippen MR) is 87.4 cm³/mol. The molecule has 110 valence electrons. The molecule has 1 aliphatic carbocycles. The SMILES string of the molecule is C=C(C)CN=C(N)NC1CC1c1c(F)cccc1F.I. The molecule has 2 atom stereocenters. The quantitative estimate of drug-likeness (QED) is 0.358. The first kappa shape index (κ1) is 16.9. The van der Waals surface area contributed by atoms with Gasteiger partial charge in [0.05, 0.1) is 6.54 Å². The highest BCUT2D eigenvalue weighted by Gasteiger charge is 2.42. The molecule has 0 radical (unpaired) electrons. The molecule has 0 heterocycles. The van der Waals surface area contributed by atoms with E-state index in [-0.39, 0.29) is 47.5 Å². The van der Waals surface area contributed by atoms with Crippen molar-refractivity contribution in [2.45, 2.75) is 25.3 Å². The molecule has 0 saturated heterocycles. The molecule has 0 aliphatic heterocycles. The first-order valence-electron chi connectivity index (χ1n) is 6.13. The summed E-state index contributed by atoms with van der Waals surface area (Å²) in [4.78, 5) is 4.07. The van der Waals surface area contributed by atoms with Crippen LogP contribution in [0.5, 0.6) is 0 Å². The third-order valence-corrected chi connectivity index (χ3v) is 3.01. The number of nitrogens with one attached hydrogen (secondary N) is 1. The molecule has 0 spiro atoms. The number of hydrogen-bond donors (Lipinski definition) is 2. The minimum absolute atomic E-state index is 0. The van der Waals surface area contributed by atoms with Gasteiger partial charge in [-0.25, -0.2) is 13.8 Å². The Labute approximate surface area is 134 Å². The van der Waals surface area contributed by atoms with Crippen molar-refractivity contribution in [1.29, 1.82) is 0 Å². The Bertz CT molecular complexity index is 511. The largest absolute Gasteiger partial charge is 0.370 e. The fraction of sp³-hybridized carbons (Fsp3) is 0.357. The van der Waals surface area contributed by atoms with E-state index in [0.717, 1.165) is 5.57 Å². The molecule has 20 heavy (non-hydrogen) atoms. The molecule has 1 aromatic rings. The van der Waals surface area contributed by atoms with E-state index in [4.69, 9.17) is 5.73 Å². The van der Waals surface area contributed by atoms with Crippen molar-refractivity contribution in [3.63, 3.8) is 0 Å². The highest BCUT2D eigenvalue weighted by molar-refractivity contribution is 14.0. The van der Waals surface area contributed by atoms with Gasteiger partial charge in [0.15, 0.2) is 5.96 Å². The van der Waals surface area contributed by atoms with E-state index in [2.05, 4.69) is 16.9 Å². The summed E-state index contributed by atoms with van der Waals surface area (Å²) in [6.07, 6.45) is 0.654. The monoisotopic (exact) mass is 393 g/mol. The van der Waals surface area contributed by atoms with Gasteiger partial charge in [0, 0.05) is 17.5 Å². The zero-order valence-corrected chi connectivity index (χ0v) is 13.5. The molecule has 6 heteroatoms. The van der Waals surface area contributed by atoms with Crippen LogP contribution in [0.2, 0.25) is 0 Å². The number of rotatable bonds is 4. The zero-order chi connectivity index (χ0) is 14.0. The molecule has 1 fully saturated rings. The summed E-state index contributed by atoms with van der Waals surface area (Å²) in [5.74, 6) is -0.912. The van der Waals surface area contributed by atoms with Crippen molar-refractivity contribution >= 4 is 29.9 Å². The van der Waals surface area contributed by atoms with E-state index >= 15 is 0 Å². The number of nitrogens with two attached hydrogens (primary N) is 1. The van der Waals surface area contributed by atoms with E-state index in [0.29, 0.717) is 13.0 Å². The predicted octanol–water partition coefficient (Wildman–Crippen LogP) is 2.92. The Kier molecular flexibility index (Phi) is 5.91. The highest BCUT2D eigenvalue weighted by Crippen LogP contribution is 2.42. The molecule has 1 aliphatic rings. The number of benzene rings is 1. The second-order valence-electron chi connectivity index (χ2n) is 4.89. The molecule has 3 N–H and O–H groups in total. The van der Waals surface area contributed by atoms with E-state index in [1.165, 1.54) is 18.2 Å². The summed E-state index contributed by atoms with van der Waals surface area (Å²) in [5, 5.41) is 2.97. The van der Waals surface area contributed by atoms with E-state index < -0.39 is 11.6 Å². The van der Waals surface area contributed by atoms with Crippen LogP contribution in [-0.2, 0) is 0 Å². The van der Waals surface area contributed by atoms with Crippen LogP contribution in [0.1, 0.15) is 24.8 Å². The van der Waals surface area contributed by atoms with Crippen molar-refractivity contribution in [1.82, 2.24) is 5.32 Å². The van der Waals surface area contributed by atoms with Gasteiger partial charge < -0.3 is 11.1 Å². The van der Waals surface area contributed by atoms with Gasteiger partial charge in [-0.05, 0) is 25.5 Å². The fourth-order valence-corrected chi connectivity index (χ4v) is 1.99. The summed E-state index contributed by atoms with van der Waals surface area (Å²) in [6, 6.07) is 3.85. The second-order valence-corrected chi connectivity index (χ2v) is 4.89. The lowest BCUT2D eigenvalue weighted by Crippen LogP contribution is -2.34. The number of aliphatic imine (C=N–C) groups is 1.